The van der Waals surface area contributed by atoms with Crippen molar-refractivity contribution in [2.75, 3.05) is 6.26 Å². The van der Waals surface area contributed by atoms with Crippen LogP contribution in [0, 0.1) is 0 Å². The fourth-order valence-electron chi connectivity index (χ4n) is 1.53. The molecule has 1 aromatic carbocycles. The van der Waals surface area contributed by atoms with Gasteiger partial charge in [-0.25, -0.2) is 13.2 Å². The van der Waals surface area contributed by atoms with E-state index in [-0.39, 0.29) is 22.1 Å². The summed E-state index contributed by atoms with van der Waals surface area (Å²) < 4.78 is 39.5. The lowest BCUT2D eigenvalue weighted by Gasteiger charge is -2.02. The van der Waals surface area contributed by atoms with Crippen molar-refractivity contribution >= 4 is 26.6 Å². The quantitative estimate of drug-likeness (QED) is 0.873. The summed E-state index contributed by atoms with van der Waals surface area (Å²) in [6, 6.07) is 6.82. The highest BCUT2D eigenvalue weighted by atomic mass is 32.2. The van der Waals surface area contributed by atoms with Crippen LogP contribution in [-0.2, 0) is 26.4 Å². The SMILES string of the molecule is CS(=O)(=O)c1ccc(S(=O)Cc2cc(C(=O)O)no2)cc1. The molecule has 0 aliphatic carbocycles. The molecule has 7 nitrogen and oxygen atoms in total. The monoisotopic (exact) mass is 329 g/mol. The maximum Gasteiger partial charge on any atom is 0.358 e. The van der Waals surface area contributed by atoms with Gasteiger partial charge in [0, 0.05) is 17.2 Å². The van der Waals surface area contributed by atoms with E-state index < -0.39 is 26.6 Å². The van der Waals surface area contributed by atoms with Gasteiger partial charge in [-0.15, -0.1) is 0 Å². The van der Waals surface area contributed by atoms with E-state index in [4.69, 9.17) is 9.63 Å². The average Bonchev–Trinajstić information content (AvgIpc) is 2.86. The Hall–Kier alpha value is -2.00. The molecule has 9 heteroatoms. The van der Waals surface area contributed by atoms with E-state index in [1.165, 1.54) is 30.3 Å². The van der Waals surface area contributed by atoms with Crippen LogP contribution < -0.4 is 0 Å². The largest absolute Gasteiger partial charge is 0.476 e. The summed E-state index contributed by atoms with van der Waals surface area (Å²) in [6.07, 6.45) is 1.08. The van der Waals surface area contributed by atoms with Gasteiger partial charge in [0.1, 0.15) is 5.76 Å². The van der Waals surface area contributed by atoms with Crippen molar-refractivity contribution in [1.29, 1.82) is 0 Å². The summed E-state index contributed by atoms with van der Waals surface area (Å²) in [7, 11) is -4.79. The van der Waals surface area contributed by atoms with Crippen molar-refractivity contribution < 1.29 is 27.1 Å². The van der Waals surface area contributed by atoms with Gasteiger partial charge in [-0.05, 0) is 24.3 Å². The topological polar surface area (TPSA) is 115 Å². The second kappa shape index (κ2) is 5.78. The standard InChI is InChI=1S/C12H11NO6S2/c1-21(17,18)10-4-2-9(3-5-10)20(16)7-8-6-11(12(14)15)13-19-8/h2-6H,7H2,1H3,(H,14,15). The number of carbonyl (C=O) groups is 1. The number of nitrogens with zero attached hydrogens (tertiary/aromatic N) is 1. The molecule has 1 atom stereocenters. The van der Waals surface area contributed by atoms with Gasteiger partial charge in [0.15, 0.2) is 15.5 Å². The second-order valence-electron chi connectivity index (χ2n) is 4.22. The number of aromatic nitrogens is 1. The van der Waals surface area contributed by atoms with E-state index >= 15 is 0 Å². The molecule has 1 unspecified atom stereocenters. The molecule has 2 rings (SSSR count). The van der Waals surface area contributed by atoms with Crippen molar-refractivity contribution in [3.63, 3.8) is 0 Å². The molecule has 112 valence electrons. The van der Waals surface area contributed by atoms with Crippen LogP contribution in [0.1, 0.15) is 16.2 Å². The van der Waals surface area contributed by atoms with Gasteiger partial charge in [-0.2, -0.15) is 0 Å². The molecular formula is C12H11NO6S2. The molecule has 0 radical (unpaired) electrons. The number of aromatic carboxylic acids is 1. The van der Waals surface area contributed by atoms with Crippen molar-refractivity contribution in [3.05, 3.63) is 41.8 Å². The zero-order chi connectivity index (χ0) is 15.6. The van der Waals surface area contributed by atoms with Crippen LogP contribution >= 0.6 is 0 Å². The Morgan fingerprint density at radius 2 is 1.95 bits per heavy atom. The molecule has 0 bridgehead atoms. The molecular weight excluding hydrogens is 318 g/mol. The minimum absolute atomic E-state index is 0.0432. The van der Waals surface area contributed by atoms with Gasteiger partial charge in [0.2, 0.25) is 0 Å². The minimum atomic E-state index is -3.30. The Balaban J connectivity index is 2.14. The van der Waals surface area contributed by atoms with Crippen molar-refractivity contribution in [2.24, 2.45) is 0 Å². The summed E-state index contributed by atoms with van der Waals surface area (Å²) in [5.74, 6) is -1.09. The Labute approximate surface area is 123 Å². The number of benzene rings is 1. The third-order valence-corrected chi connectivity index (χ3v) is 5.04. The molecule has 0 amide bonds. The van der Waals surface area contributed by atoms with Crippen molar-refractivity contribution in [3.8, 4) is 0 Å². The van der Waals surface area contributed by atoms with Crippen molar-refractivity contribution in [2.45, 2.75) is 15.5 Å². The fourth-order valence-corrected chi connectivity index (χ4v) is 3.16. The van der Waals surface area contributed by atoms with Gasteiger partial charge in [0.25, 0.3) is 0 Å². The van der Waals surface area contributed by atoms with Gasteiger partial charge < -0.3 is 9.63 Å². The average molecular weight is 329 g/mol. The van der Waals surface area contributed by atoms with Crippen LogP contribution in [0.4, 0.5) is 0 Å². The van der Waals surface area contributed by atoms with Crippen LogP contribution in [0.3, 0.4) is 0 Å². The number of carboxylic acid groups (broad SMARTS) is 1. The summed E-state index contributed by atoms with van der Waals surface area (Å²) in [5, 5.41) is 12.0. The molecule has 0 spiro atoms. The first-order valence-electron chi connectivity index (χ1n) is 5.65. The number of rotatable bonds is 5. The molecule has 1 aromatic heterocycles. The van der Waals surface area contributed by atoms with E-state index in [1.807, 2.05) is 0 Å². The van der Waals surface area contributed by atoms with Crippen molar-refractivity contribution in [1.82, 2.24) is 5.16 Å². The maximum atomic E-state index is 12.1. The molecule has 0 aliphatic rings. The van der Waals surface area contributed by atoms with Crippen LogP contribution in [0.25, 0.3) is 0 Å². The normalized spacial score (nSPS) is 13.0. The summed E-state index contributed by atoms with van der Waals surface area (Å²) in [4.78, 5) is 11.2. The van der Waals surface area contributed by atoms with E-state index in [9.17, 15) is 17.4 Å². The molecule has 0 saturated carbocycles. The van der Waals surface area contributed by atoms with Gasteiger partial charge in [0.05, 0.1) is 21.4 Å². The highest BCUT2D eigenvalue weighted by Gasteiger charge is 2.14. The number of sulfone groups is 1. The molecule has 1 heterocycles. The number of hydrogen-bond acceptors (Lipinski definition) is 6. The maximum absolute atomic E-state index is 12.1. The smallest absolute Gasteiger partial charge is 0.358 e. The Morgan fingerprint density at radius 3 is 2.43 bits per heavy atom. The molecule has 21 heavy (non-hydrogen) atoms. The third-order valence-electron chi connectivity index (χ3n) is 2.57. The minimum Gasteiger partial charge on any atom is -0.476 e. The highest BCUT2D eigenvalue weighted by Crippen LogP contribution is 2.16. The number of hydrogen-bond donors (Lipinski definition) is 1. The lowest BCUT2D eigenvalue weighted by atomic mass is 10.4. The van der Waals surface area contributed by atoms with E-state index in [0.717, 1.165) is 6.26 Å². The molecule has 0 saturated heterocycles. The Bertz CT molecular complexity index is 791. The summed E-state index contributed by atoms with van der Waals surface area (Å²) in [6.45, 7) is 0. The molecule has 0 fully saturated rings. The van der Waals surface area contributed by atoms with E-state index in [0.29, 0.717) is 4.90 Å². The first kappa shape index (κ1) is 15.4. The molecule has 2 aromatic rings. The predicted octanol–water partition coefficient (Wildman–Crippen LogP) is 1.08. The van der Waals surface area contributed by atoms with Crippen LogP contribution in [0.5, 0.6) is 0 Å². The van der Waals surface area contributed by atoms with Gasteiger partial charge >= 0.3 is 5.97 Å². The first-order chi connectivity index (χ1) is 9.77. The third kappa shape index (κ3) is 3.76. The van der Waals surface area contributed by atoms with Crippen LogP contribution in [0.2, 0.25) is 0 Å². The molecule has 0 aliphatic heterocycles. The van der Waals surface area contributed by atoms with Crippen LogP contribution in [0.15, 0.2) is 44.6 Å². The zero-order valence-corrected chi connectivity index (χ0v) is 12.5. The highest BCUT2D eigenvalue weighted by molar-refractivity contribution is 7.90. The summed E-state index contributed by atoms with van der Waals surface area (Å²) >= 11 is 0. The first-order valence-corrected chi connectivity index (χ1v) is 8.86. The Kier molecular flexibility index (Phi) is 4.24. The van der Waals surface area contributed by atoms with Gasteiger partial charge in [-0.1, -0.05) is 5.16 Å². The van der Waals surface area contributed by atoms with E-state index in [1.54, 1.807) is 0 Å². The lowest BCUT2D eigenvalue weighted by molar-refractivity contribution is 0.0685. The van der Waals surface area contributed by atoms with E-state index in [2.05, 4.69) is 5.16 Å². The molecule has 1 N–H and O–H groups in total. The predicted molar refractivity (Wildman–Crippen MR) is 73.1 cm³/mol. The van der Waals surface area contributed by atoms with Crippen LogP contribution in [-0.4, -0.2) is 35.1 Å². The number of carboxylic acids is 1. The zero-order valence-electron chi connectivity index (χ0n) is 10.8. The van der Waals surface area contributed by atoms with Gasteiger partial charge in [-0.3, -0.25) is 4.21 Å². The lowest BCUT2D eigenvalue weighted by Crippen LogP contribution is -1.99. The summed E-state index contributed by atoms with van der Waals surface area (Å²) in [5.41, 5.74) is -0.255. The fraction of sp³-hybridized carbons (Fsp3) is 0.167. The Morgan fingerprint density at radius 1 is 1.33 bits per heavy atom. The second-order valence-corrected chi connectivity index (χ2v) is 7.68.